The quantitative estimate of drug-likeness (QED) is 0.274. The van der Waals surface area contributed by atoms with Crippen molar-refractivity contribution in [1.29, 1.82) is 0 Å². The molecule has 27 heavy (non-hydrogen) atoms. The highest BCUT2D eigenvalue weighted by Gasteiger charge is 2.00. The lowest BCUT2D eigenvalue weighted by Crippen LogP contribution is -1.90. The van der Waals surface area contributed by atoms with Crippen LogP contribution in [0.5, 0.6) is 0 Å². The Labute approximate surface area is 180 Å². The van der Waals surface area contributed by atoms with E-state index in [2.05, 4.69) is 36.0 Å². The van der Waals surface area contributed by atoms with Gasteiger partial charge in [-0.15, -0.1) is 0 Å². The third-order valence-electron chi connectivity index (χ3n) is 4.89. The van der Waals surface area contributed by atoms with Crippen LogP contribution in [-0.4, -0.2) is 11.5 Å². The van der Waals surface area contributed by atoms with Crippen molar-refractivity contribution in [1.82, 2.24) is 0 Å². The van der Waals surface area contributed by atoms with Crippen LogP contribution in [0.15, 0.2) is 48.5 Å². The van der Waals surface area contributed by atoms with Crippen LogP contribution in [0.25, 0.3) is 0 Å². The fourth-order valence-electron chi connectivity index (χ4n) is 3.25. The molecule has 0 radical (unpaired) electrons. The summed E-state index contributed by atoms with van der Waals surface area (Å²) in [6.07, 6.45) is 12.7. The van der Waals surface area contributed by atoms with Crippen molar-refractivity contribution >= 4 is 35.0 Å². The van der Waals surface area contributed by atoms with Crippen LogP contribution in [0.1, 0.15) is 62.5 Å². The van der Waals surface area contributed by atoms with E-state index >= 15 is 0 Å². The zero-order valence-corrected chi connectivity index (χ0v) is 18.6. The predicted octanol–water partition coefficient (Wildman–Crippen LogP) is 8.63. The third kappa shape index (κ3) is 9.92. The normalized spacial score (nSPS) is 11.0. The first-order valence-electron chi connectivity index (χ1n) is 10.3. The molecule has 0 spiro atoms. The summed E-state index contributed by atoms with van der Waals surface area (Å²) in [5.74, 6) is 2.62. The van der Waals surface area contributed by atoms with Crippen LogP contribution < -0.4 is 0 Å². The fourth-order valence-corrected chi connectivity index (χ4v) is 4.73. The molecule has 0 aliphatic heterocycles. The molecule has 148 valence electrons. The van der Waals surface area contributed by atoms with Gasteiger partial charge in [-0.1, -0.05) is 85.3 Å². The van der Waals surface area contributed by atoms with Crippen LogP contribution in [-0.2, 0) is 12.8 Å². The Morgan fingerprint density at radius 3 is 1.37 bits per heavy atom. The highest BCUT2D eigenvalue weighted by Crippen LogP contribution is 2.19. The Kier molecular flexibility index (Phi) is 12.1. The zero-order valence-electron chi connectivity index (χ0n) is 16.3. The second-order valence-electron chi connectivity index (χ2n) is 7.12. The van der Waals surface area contributed by atoms with Crippen LogP contribution in [0.4, 0.5) is 0 Å². The number of hydrogen-bond acceptors (Lipinski definition) is 1. The number of unbranched alkanes of at least 4 members (excludes halogenated alkanes) is 6. The topological polar surface area (TPSA) is 0 Å². The molecule has 0 N–H and O–H groups in total. The minimum absolute atomic E-state index is 0.917. The molecule has 0 bridgehead atoms. The maximum Gasteiger partial charge on any atom is 0.0437 e. The molecule has 0 aliphatic rings. The predicted molar refractivity (Wildman–Crippen MR) is 125 cm³/mol. The fraction of sp³-hybridized carbons (Fsp3) is 0.500. The number of halogens is 2. The van der Waals surface area contributed by atoms with Crippen molar-refractivity contribution < 1.29 is 0 Å². The minimum atomic E-state index is 0.917. The molecule has 0 saturated carbocycles. The minimum Gasteiger partial charge on any atom is -0.162 e. The van der Waals surface area contributed by atoms with E-state index in [1.165, 1.54) is 74.0 Å². The van der Waals surface area contributed by atoms with E-state index in [-0.39, 0.29) is 0 Å². The van der Waals surface area contributed by atoms with Gasteiger partial charge in [0, 0.05) is 10.0 Å². The molecule has 3 heteroatoms. The summed E-state index contributed by atoms with van der Waals surface area (Å²) in [5, 5.41) is 1.83. The third-order valence-corrected chi connectivity index (χ3v) is 6.78. The van der Waals surface area contributed by atoms with Crippen molar-refractivity contribution in [2.75, 3.05) is 11.5 Å². The molecule has 2 aromatic rings. The molecule has 0 atom stereocenters. The van der Waals surface area contributed by atoms with E-state index in [1.807, 2.05) is 24.3 Å². The smallest absolute Gasteiger partial charge is 0.0437 e. The SMILES string of the molecule is Clc1ccccc1CCCCCCSCCCCCCc1ccccc1Cl. The number of rotatable bonds is 14. The standard InChI is InChI=1S/C24H32Cl2S/c25-23-17-9-7-15-21(23)13-5-1-3-11-19-27-20-12-4-2-6-14-22-16-8-10-18-24(22)26/h7-10,15-18H,1-6,11-14,19-20H2. The number of aryl methyl sites for hydroxylation is 2. The van der Waals surface area contributed by atoms with E-state index < -0.39 is 0 Å². The molecule has 0 unspecified atom stereocenters. The van der Waals surface area contributed by atoms with Gasteiger partial charge in [-0.05, 0) is 73.3 Å². The molecule has 2 aromatic carbocycles. The molecule has 0 nitrogen and oxygen atoms in total. The lowest BCUT2D eigenvalue weighted by Gasteiger charge is -2.05. The van der Waals surface area contributed by atoms with Gasteiger partial charge >= 0.3 is 0 Å². The van der Waals surface area contributed by atoms with Gasteiger partial charge in [0.2, 0.25) is 0 Å². The number of benzene rings is 2. The van der Waals surface area contributed by atoms with Gasteiger partial charge in [-0.25, -0.2) is 0 Å². The highest BCUT2D eigenvalue weighted by atomic mass is 35.5. The Bertz CT molecular complexity index is 586. The van der Waals surface area contributed by atoms with Crippen molar-refractivity contribution in [3.05, 3.63) is 69.7 Å². The zero-order chi connectivity index (χ0) is 19.2. The van der Waals surface area contributed by atoms with Gasteiger partial charge in [0.05, 0.1) is 0 Å². The van der Waals surface area contributed by atoms with E-state index in [4.69, 9.17) is 23.2 Å². The van der Waals surface area contributed by atoms with E-state index in [9.17, 15) is 0 Å². The monoisotopic (exact) mass is 422 g/mol. The Morgan fingerprint density at radius 1 is 0.519 bits per heavy atom. The van der Waals surface area contributed by atoms with Gasteiger partial charge in [0.25, 0.3) is 0 Å². The van der Waals surface area contributed by atoms with Gasteiger partial charge in [-0.2, -0.15) is 11.8 Å². The molecule has 0 aromatic heterocycles. The summed E-state index contributed by atoms with van der Waals surface area (Å²) in [6.45, 7) is 0. The second-order valence-corrected chi connectivity index (χ2v) is 9.16. The molecule has 0 aliphatic carbocycles. The lowest BCUT2D eigenvalue weighted by molar-refractivity contribution is 0.665. The van der Waals surface area contributed by atoms with Crippen molar-refractivity contribution in [3.63, 3.8) is 0 Å². The van der Waals surface area contributed by atoms with Crippen LogP contribution in [0.2, 0.25) is 10.0 Å². The van der Waals surface area contributed by atoms with E-state index in [0.29, 0.717) is 0 Å². The first kappa shape index (κ1) is 22.7. The summed E-state index contributed by atoms with van der Waals surface area (Å²) in [6, 6.07) is 16.4. The molecular weight excluding hydrogens is 391 g/mol. The van der Waals surface area contributed by atoms with Gasteiger partial charge in [-0.3, -0.25) is 0 Å². The molecular formula is C24H32Cl2S. The van der Waals surface area contributed by atoms with Crippen LogP contribution in [0.3, 0.4) is 0 Å². The average Bonchev–Trinajstić information content (AvgIpc) is 2.68. The molecule has 2 rings (SSSR count). The Morgan fingerprint density at radius 2 is 0.926 bits per heavy atom. The van der Waals surface area contributed by atoms with Gasteiger partial charge in [0.15, 0.2) is 0 Å². The Hall–Kier alpha value is -0.630. The van der Waals surface area contributed by atoms with E-state index in [1.54, 1.807) is 0 Å². The first-order chi connectivity index (χ1) is 13.3. The van der Waals surface area contributed by atoms with Gasteiger partial charge in [0.1, 0.15) is 0 Å². The average molecular weight is 423 g/mol. The Balaban J connectivity index is 1.35. The van der Waals surface area contributed by atoms with E-state index in [0.717, 1.165) is 22.9 Å². The summed E-state index contributed by atoms with van der Waals surface area (Å²) in [4.78, 5) is 0. The highest BCUT2D eigenvalue weighted by molar-refractivity contribution is 7.99. The van der Waals surface area contributed by atoms with Crippen molar-refractivity contribution in [3.8, 4) is 0 Å². The molecule has 0 amide bonds. The largest absolute Gasteiger partial charge is 0.162 e. The first-order valence-corrected chi connectivity index (χ1v) is 12.2. The molecule has 0 saturated heterocycles. The molecule has 0 fully saturated rings. The maximum atomic E-state index is 6.20. The number of hydrogen-bond donors (Lipinski definition) is 0. The lowest BCUT2D eigenvalue weighted by atomic mass is 10.1. The number of thioether (sulfide) groups is 1. The summed E-state index contributed by atoms with van der Waals surface area (Å²) in [5.41, 5.74) is 2.59. The van der Waals surface area contributed by atoms with Crippen molar-refractivity contribution in [2.24, 2.45) is 0 Å². The van der Waals surface area contributed by atoms with Crippen LogP contribution >= 0.6 is 35.0 Å². The summed E-state index contributed by atoms with van der Waals surface area (Å²) < 4.78 is 0. The maximum absolute atomic E-state index is 6.20. The molecule has 0 heterocycles. The van der Waals surface area contributed by atoms with Crippen molar-refractivity contribution in [2.45, 2.75) is 64.2 Å². The summed E-state index contributed by atoms with van der Waals surface area (Å²) >= 11 is 14.5. The van der Waals surface area contributed by atoms with Gasteiger partial charge < -0.3 is 0 Å². The van der Waals surface area contributed by atoms with Crippen LogP contribution in [0, 0.1) is 0 Å². The second kappa shape index (κ2) is 14.4. The summed E-state index contributed by atoms with van der Waals surface area (Å²) in [7, 11) is 0.